The third-order valence-electron chi connectivity index (χ3n) is 3.12. The molecule has 0 aromatic heterocycles. The second-order valence-corrected chi connectivity index (χ2v) is 4.25. The van der Waals surface area contributed by atoms with Gasteiger partial charge >= 0.3 is 5.97 Å². The predicted octanol–water partition coefficient (Wildman–Crippen LogP) is 2.95. The molecule has 1 heterocycles. The van der Waals surface area contributed by atoms with Gasteiger partial charge in [-0.15, -0.1) is 0 Å². The second kappa shape index (κ2) is 3.60. The molecule has 0 aromatic carbocycles. The van der Waals surface area contributed by atoms with Crippen LogP contribution in [0.15, 0.2) is 23.0 Å². The summed E-state index contributed by atoms with van der Waals surface area (Å²) in [6, 6.07) is 0. The van der Waals surface area contributed by atoms with E-state index >= 15 is 0 Å². The van der Waals surface area contributed by atoms with Crippen molar-refractivity contribution in [2.45, 2.75) is 39.5 Å². The average molecular weight is 192 g/mol. The Kier molecular flexibility index (Phi) is 2.44. The number of hydrogen-bond acceptors (Lipinski definition) is 2. The number of ether oxygens (including phenoxy) is 1. The van der Waals surface area contributed by atoms with Crippen LogP contribution in [-0.2, 0) is 9.53 Å². The summed E-state index contributed by atoms with van der Waals surface area (Å²) >= 11 is 0. The van der Waals surface area contributed by atoms with Gasteiger partial charge in [0.2, 0.25) is 0 Å². The van der Waals surface area contributed by atoms with Gasteiger partial charge < -0.3 is 4.74 Å². The fourth-order valence-electron chi connectivity index (χ4n) is 2.18. The number of carbonyl (C=O) groups is 1. The Morgan fingerprint density at radius 2 is 2.21 bits per heavy atom. The summed E-state index contributed by atoms with van der Waals surface area (Å²) in [4.78, 5) is 11.2. The van der Waals surface area contributed by atoms with Crippen LogP contribution in [0.1, 0.15) is 39.5 Å². The molecule has 2 nitrogen and oxygen atoms in total. The van der Waals surface area contributed by atoms with Crippen molar-refractivity contribution >= 4 is 5.97 Å². The molecule has 0 N–H and O–H groups in total. The summed E-state index contributed by atoms with van der Waals surface area (Å²) in [5.74, 6) is 1.23. The standard InChI is InChI=1S/C12H16O2/c1-8-5-3-4-6-10(8)11-7-9(2)12(13)14-11/h7-8H,3-6H2,1-2H3/b11-10+/t8-/m0/s1. The Bertz CT molecular complexity index is 323. The molecule has 0 bridgehead atoms. The number of cyclic esters (lactones) is 1. The maximum absolute atomic E-state index is 11.2. The second-order valence-electron chi connectivity index (χ2n) is 4.25. The highest BCUT2D eigenvalue weighted by Gasteiger charge is 2.24. The van der Waals surface area contributed by atoms with E-state index in [1.165, 1.54) is 24.8 Å². The van der Waals surface area contributed by atoms with Crippen molar-refractivity contribution in [3.05, 3.63) is 23.0 Å². The Labute approximate surface area is 84.6 Å². The van der Waals surface area contributed by atoms with E-state index in [-0.39, 0.29) is 5.97 Å². The number of rotatable bonds is 0. The van der Waals surface area contributed by atoms with Gasteiger partial charge in [0.05, 0.1) is 0 Å². The molecule has 0 aromatic rings. The monoisotopic (exact) mass is 192 g/mol. The van der Waals surface area contributed by atoms with E-state index in [0.29, 0.717) is 5.92 Å². The van der Waals surface area contributed by atoms with Gasteiger partial charge in [0, 0.05) is 5.57 Å². The first-order chi connectivity index (χ1) is 6.68. The van der Waals surface area contributed by atoms with E-state index in [1.807, 2.05) is 13.0 Å². The molecule has 2 heteroatoms. The summed E-state index contributed by atoms with van der Waals surface area (Å²) in [5, 5.41) is 0. The van der Waals surface area contributed by atoms with Gasteiger partial charge in [0.25, 0.3) is 0 Å². The highest BCUT2D eigenvalue weighted by Crippen LogP contribution is 2.34. The summed E-state index contributed by atoms with van der Waals surface area (Å²) in [5.41, 5.74) is 2.06. The van der Waals surface area contributed by atoms with E-state index < -0.39 is 0 Å². The molecule has 2 aliphatic rings. The molecular formula is C12H16O2. The van der Waals surface area contributed by atoms with Gasteiger partial charge in [-0.3, -0.25) is 0 Å². The van der Waals surface area contributed by atoms with Crippen molar-refractivity contribution in [3.63, 3.8) is 0 Å². The Balaban J connectivity index is 2.27. The molecule has 76 valence electrons. The molecule has 1 atom stereocenters. The minimum absolute atomic E-state index is 0.176. The maximum Gasteiger partial charge on any atom is 0.339 e. The lowest BCUT2D eigenvalue weighted by Gasteiger charge is -2.22. The molecule has 2 rings (SSSR count). The number of carbonyl (C=O) groups excluding carboxylic acids is 1. The normalized spacial score (nSPS) is 32.9. The van der Waals surface area contributed by atoms with E-state index in [4.69, 9.17) is 4.74 Å². The zero-order chi connectivity index (χ0) is 10.1. The fourth-order valence-corrected chi connectivity index (χ4v) is 2.18. The van der Waals surface area contributed by atoms with Crippen molar-refractivity contribution in [1.82, 2.24) is 0 Å². The number of allylic oxidation sites excluding steroid dienone is 2. The van der Waals surface area contributed by atoms with Crippen LogP contribution in [-0.4, -0.2) is 5.97 Å². The molecule has 0 saturated heterocycles. The average Bonchev–Trinajstić information content (AvgIpc) is 2.48. The molecule has 0 unspecified atom stereocenters. The smallest absolute Gasteiger partial charge is 0.339 e. The molecular weight excluding hydrogens is 176 g/mol. The lowest BCUT2D eigenvalue weighted by molar-refractivity contribution is -0.133. The van der Waals surface area contributed by atoms with Crippen LogP contribution in [0.5, 0.6) is 0 Å². The number of hydrogen-bond donors (Lipinski definition) is 0. The Morgan fingerprint density at radius 3 is 2.79 bits per heavy atom. The summed E-state index contributed by atoms with van der Waals surface area (Å²) < 4.78 is 5.23. The van der Waals surface area contributed by atoms with Gasteiger partial charge in [-0.1, -0.05) is 13.3 Å². The molecule has 14 heavy (non-hydrogen) atoms. The highest BCUT2D eigenvalue weighted by atomic mass is 16.5. The van der Waals surface area contributed by atoms with Crippen LogP contribution < -0.4 is 0 Å². The first-order valence-corrected chi connectivity index (χ1v) is 5.32. The quantitative estimate of drug-likeness (QED) is 0.551. The van der Waals surface area contributed by atoms with Crippen LogP contribution in [0.25, 0.3) is 0 Å². The molecule has 1 aliphatic carbocycles. The lowest BCUT2D eigenvalue weighted by Crippen LogP contribution is -2.09. The molecule has 1 saturated carbocycles. The van der Waals surface area contributed by atoms with Crippen molar-refractivity contribution < 1.29 is 9.53 Å². The maximum atomic E-state index is 11.2. The van der Waals surface area contributed by atoms with Crippen LogP contribution in [0.4, 0.5) is 0 Å². The van der Waals surface area contributed by atoms with Crippen molar-refractivity contribution in [2.24, 2.45) is 5.92 Å². The van der Waals surface area contributed by atoms with Crippen molar-refractivity contribution in [1.29, 1.82) is 0 Å². The van der Waals surface area contributed by atoms with Crippen LogP contribution >= 0.6 is 0 Å². The van der Waals surface area contributed by atoms with Crippen LogP contribution in [0.3, 0.4) is 0 Å². The SMILES string of the molecule is CC1=C/C(=C2/CCCC[C@@H]2C)OC1=O. The van der Waals surface area contributed by atoms with Crippen LogP contribution in [0.2, 0.25) is 0 Å². The largest absolute Gasteiger partial charge is 0.423 e. The Hall–Kier alpha value is -1.05. The highest BCUT2D eigenvalue weighted by molar-refractivity contribution is 5.92. The molecule has 1 aliphatic heterocycles. The van der Waals surface area contributed by atoms with E-state index in [1.54, 1.807) is 0 Å². The van der Waals surface area contributed by atoms with Gasteiger partial charge in [-0.25, -0.2) is 4.79 Å². The zero-order valence-electron chi connectivity index (χ0n) is 8.80. The third-order valence-corrected chi connectivity index (χ3v) is 3.12. The van der Waals surface area contributed by atoms with E-state index in [0.717, 1.165) is 17.8 Å². The lowest BCUT2D eigenvalue weighted by atomic mass is 9.85. The van der Waals surface area contributed by atoms with E-state index in [2.05, 4.69) is 6.92 Å². The summed E-state index contributed by atoms with van der Waals surface area (Å²) in [6.45, 7) is 4.03. The van der Waals surface area contributed by atoms with Gasteiger partial charge in [0.15, 0.2) is 0 Å². The molecule has 0 spiro atoms. The summed E-state index contributed by atoms with van der Waals surface area (Å²) in [7, 11) is 0. The predicted molar refractivity (Wildman–Crippen MR) is 54.5 cm³/mol. The third kappa shape index (κ3) is 1.61. The first-order valence-electron chi connectivity index (χ1n) is 5.32. The summed E-state index contributed by atoms with van der Waals surface area (Å²) in [6.07, 6.45) is 6.73. The van der Waals surface area contributed by atoms with Crippen molar-refractivity contribution in [2.75, 3.05) is 0 Å². The van der Waals surface area contributed by atoms with Crippen LogP contribution in [0, 0.1) is 5.92 Å². The minimum Gasteiger partial charge on any atom is -0.423 e. The zero-order valence-corrected chi connectivity index (χ0v) is 8.80. The van der Waals surface area contributed by atoms with E-state index in [9.17, 15) is 4.79 Å². The molecule has 1 fully saturated rings. The van der Waals surface area contributed by atoms with Gasteiger partial charge in [-0.05, 0) is 43.8 Å². The van der Waals surface area contributed by atoms with Crippen molar-refractivity contribution in [3.8, 4) is 0 Å². The topological polar surface area (TPSA) is 26.3 Å². The van der Waals surface area contributed by atoms with Gasteiger partial charge in [0.1, 0.15) is 5.76 Å². The molecule has 0 amide bonds. The fraction of sp³-hybridized carbons (Fsp3) is 0.583. The molecule has 0 radical (unpaired) electrons. The van der Waals surface area contributed by atoms with Gasteiger partial charge in [-0.2, -0.15) is 0 Å². The number of esters is 1. The first kappa shape index (κ1) is 9.50. The Morgan fingerprint density at radius 1 is 1.43 bits per heavy atom. The minimum atomic E-state index is -0.176.